The smallest absolute Gasteiger partial charge is 0.256 e. The molecule has 3 aromatic rings. The molecule has 0 atom stereocenters. The molecule has 2 amide bonds. The number of nitrogens with one attached hydrogen (secondary N) is 2. The van der Waals surface area contributed by atoms with Crippen LogP contribution in [0.4, 0.5) is 5.69 Å². The van der Waals surface area contributed by atoms with Crippen molar-refractivity contribution >= 4 is 44.3 Å². The number of H-pyrrole nitrogens is 1. The SMILES string of the molecule is CN(CC(=O)Nc1ccccc1Br)C(=O)c1cccc2cn[nH]c12. The first-order valence-electron chi connectivity index (χ1n) is 7.28. The maximum Gasteiger partial charge on any atom is 0.256 e. The van der Waals surface area contributed by atoms with E-state index in [9.17, 15) is 9.59 Å². The molecule has 0 fully saturated rings. The lowest BCUT2D eigenvalue weighted by Gasteiger charge is -2.17. The quantitative estimate of drug-likeness (QED) is 0.723. The number of carbonyl (C=O) groups excluding carboxylic acids is 2. The van der Waals surface area contributed by atoms with E-state index in [1.54, 1.807) is 31.4 Å². The summed E-state index contributed by atoms with van der Waals surface area (Å²) in [6, 6.07) is 12.7. The third kappa shape index (κ3) is 3.30. The minimum atomic E-state index is -0.269. The Morgan fingerprint density at radius 1 is 1.21 bits per heavy atom. The van der Waals surface area contributed by atoms with Gasteiger partial charge in [0.25, 0.3) is 5.91 Å². The summed E-state index contributed by atoms with van der Waals surface area (Å²) >= 11 is 3.37. The fraction of sp³-hybridized carbons (Fsp3) is 0.118. The third-order valence-electron chi connectivity index (χ3n) is 3.58. The maximum atomic E-state index is 12.6. The van der Waals surface area contributed by atoms with Gasteiger partial charge in [0.2, 0.25) is 5.91 Å². The average molecular weight is 387 g/mol. The van der Waals surface area contributed by atoms with Gasteiger partial charge in [-0.2, -0.15) is 5.10 Å². The number of aromatic nitrogens is 2. The number of para-hydroxylation sites is 2. The number of likely N-dealkylation sites (N-methyl/N-ethyl adjacent to an activating group) is 1. The first-order valence-corrected chi connectivity index (χ1v) is 8.07. The standard InChI is InChI=1S/C17H15BrN4O2/c1-22(10-15(23)20-14-8-3-2-7-13(14)18)17(24)12-6-4-5-11-9-19-21-16(11)12/h2-9H,10H2,1H3,(H,19,21)(H,20,23). The number of nitrogens with zero attached hydrogens (tertiary/aromatic N) is 2. The van der Waals surface area contributed by atoms with Gasteiger partial charge in [-0.05, 0) is 34.1 Å². The molecule has 1 aromatic heterocycles. The number of hydrogen-bond acceptors (Lipinski definition) is 3. The topological polar surface area (TPSA) is 78.1 Å². The zero-order chi connectivity index (χ0) is 17.1. The van der Waals surface area contributed by atoms with E-state index in [4.69, 9.17) is 0 Å². The lowest BCUT2D eigenvalue weighted by molar-refractivity contribution is -0.116. The molecule has 0 saturated heterocycles. The van der Waals surface area contributed by atoms with Crippen LogP contribution in [0.25, 0.3) is 10.9 Å². The van der Waals surface area contributed by atoms with Crippen LogP contribution in [-0.4, -0.2) is 40.5 Å². The summed E-state index contributed by atoms with van der Waals surface area (Å²) in [5.41, 5.74) is 1.82. The highest BCUT2D eigenvalue weighted by molar-refractivity contribution is 9.10. The minimum Gasteiger partial charge on any atom is -0.332 e. The molecule has 0 radical (unpaired) electrons. The fourth-order valence-corrected chi connectivity index (χ4v) is 2.78. The second-order valence-electron chi connectivity index (χ2n) is 5.33. The van der Waals surface area contributed by atoms with E-state index < -0.39 is 0 Å². The third-order valence-corrected chi connectivity index (χ3v) is 4.27. The minimum absolute atomic E-state index is 0.0509. The normalized spacial score (nSPS) is 10.6. The molecular formula is C17H15BrN4O2. The second-order valence-corrected chi connectivity index (χ2v) is 6.18. The monoisotopic (exact) mass is 386 g/mol. The van der Waals surface area contributed by atoms with Crippen LogP contribution >= 0.6 is 15.9 Å². The van der Waals surface area contributed by atoms with Gasteiger partial charge in [-0.3, -0.25) is 14.7 Å². The van der Waals surface area contributed by atoms with Crippen molar-refractivity contribution in [2.45, 2.75) is 0 Å². The van der Waals surface area contributed by atoms with E-state index in [-0.39, 0.29) is 18.4 Å². The van der Waals surface area contributed by atoms with Gasteiger partial charge in [0.15, 0.2) is 0 Å². The molecule has 0 aliphatic rings. The molecule has 0 aliphatic carbocycles. The summed E-state index contributed by atoms with van der Waals surface area (Å²) in [4.78, 5) is 26.2. The predicted molar refractivity (Wildman–Crippen MR) is 95.8 cm³/mol. The summed E-state index contributed by atoms with van der Waals surface area (Å²) in [5, 5.41) is 10.4. The second kappa shape index (κ2) is 6.84. The summed E-state index contributed by atoms with van der Waals surface area (Å²) in [6.07, 6.45) is 1.66. The van der Waals surface area contributed by atoms with Crippen molar-refractivity contribution in [2.24, 2.45) is 0 Å². The van der Waals surface area contributed by atoms with Crippen LogP contribution < -0.4 is 5.32 Å². The van der Waals surface area contributed by atoms with E-state index in [0.29, 0.717) is 16.8 Å². The summed E-state index contributed by atoms with van der Waals surface area (Å²) in [5.74, 6) is -0.512. The average Bonchev–Trinajstić information content (AvgIpc) is 3.04. The van der Waals surface area contributed by atoms with Gasteiger partial charge in [-0.25, -0.2) is 0 Å². The summed E-state index contributed by atoms with van der Waals surface area (Å²) in [6.45, 7) is -0.0509. The molecule has 24 heavy (non-hydrogen) atoms. The Kier molecular flexibility index (Phi) is 4.61. The van der Waals surface area contributed by atoms with E-state index in [0.717, 1.165) is 9.86 Å². The Bertz CT molecular complexity index is 906. The molecule has 2 N–H and O–H groups in total. The van der Waals surface area contributed by atoms with Crippen molar-refractivity contribution in [1.82, 2.24) is 15.1 Å². The first-order chi connectivity index (χ1) is 11.6. The van der Waals surface area contributed by atoms with Crippen LogP contribution in [0.1, 0.15) is 10.4 Å². The number of amides is 2. The zero-order valence-corrected chi connectivity index (χ0v) is 14.5. The van der Waals surface area contributed by atoms with Gasteiger partial charge in [-0.15, -0.1) is 0 Å². The Labute approximate surface area is 147 Å². The van der Waals surface area contributed by atoms with Gasteiger partial charge >= 0.3 is 0 Å². The lowest BCUT2D eigenvalue weighted by atomic mass is 10.1. The van der Waals surface area contributed by atoms with Crippen molar-refractivity contribution in [3.05, 3.63) is 58.7 Å². The molecule has 2 aromatic carbocycles. The van der Waals surface area contributed by atoms with Crippen molar-refractivity contribution in [3.63, 3.8) is 0 Å². The van der Waals surface area contributed by atoms with Crippen molar-refractivity contribution in [1.29, 1.82) is 0 Å². The molecule has 1 heterocycles. The predicted octanol–water partition coefficient (Wildman–Crippen LogP) is 3.04. The molecule has 0 bridgehead atoms. The number of fused-ring (bicyclic) bond motifs is 1. The van der Waals surface area contributed by atoms with E-state index >= 15 is 0 Å². The fourth-order valence-electron chi connectivity index (χ4n) is 2.39. The largest absolute Gasteiger partial charge is 0.332 e. The molecule has 0 saturated carbocycles. The number of anilines is 1. The highest BCUT2D eigenvalue weighted by Crippen LogP contribution is 2.21. The summed E-state index contributed by atoms with van der Waals surface area (Å²) < 4.78 is 0.787. The zero-order valence-electron chi connectivity index (χ0n) is 12.9. The van der Waals surface area contributed by atoms with Crippen molar-refractivity contribution in [2.75, 3.05) is 18.9 Å². The Balaban J connectivity index is 1.71. The maximum absolute atomic E-state index is 12.6. The van der Waals surface area contributed by atoms with Crippen LogP contribution in [0.15, 0.2) is 53.1 Å². The van der Waals surface area contributed by atoms with Gasteiger partial charge in [0.05, 0.1) is 29.5 Å². The number of rotatable bonds is 4. The van der Waals surface area contributed by atoms with Gasteiger partial charge in [0, 0.05) is 16.9 Å². The molecule has 3 rings (SSSR count). The van der Waals surface area contributed by atoms with Crippen LogP contribution in [0.3, 0.4) is 0 Å². The number of benzene rings is 2. The highest BCUT2D eigenvalue weighted by atomic mass is 79.9. The molecule has 0 unspecified atom stereocenters. The van der Waals surface area contributed by atoms with Gasteiger partial charge < -0.3 is 10.2 Å². The molecule has 6 nitrogen and oxygen atoms in total. The van der Waals surface area contributed by atoms with E-state index in [2.05, 4.69) is 31.4 Å². The lowest BCUT2D eigenvalue weighted by Crippen LogP contribution is -2.35. The summed E-state index contributed by atoms with van der Waals surface area (Å²) in [7, 11) is 1.59. The first kappa shape index (κ1) is 16.2. The van der Waals surface area contributed by atoms with E-state index in [1.165, 1.54) is 4.90 Å². The van der Waals surface area contributed by atoms with Crippen LogP contribution in [0.5, 0.6) is 0 Å². The Hall–Kier alpha value is -2.67. The molecule has 122 valence electrons. The highest BCUT2D eigenvalue weighted by Gasteiger charge is 2.18. The van der Waals surface area contributed by atoms with Crippen LogP contribution in [0.2, 0.25) is 0 Å². The number of halogens is 1. The van der Waals surface area contributed by atoms with Crippen molar-refractivity contribution < 1.29 is 9.59 Å². The van der Waals surface area contributed by atoms with E-state index in [1.807, 2.05) is 24.3 Å². The molecule has 7 heteroatoms. The van der Waals surface area contributed by atoms with Crippen LogP contribution in [0, 0.1) is 0 Å². The van der Waals surface area contributed by atoms with Crippen LogP contribution in [-0.2, 0) is 4.79 Å². The Morgan fingerprint density at radius 3 is 2.79 bits per heavy atom. The molecule has 0 aliphatic heterocycles. The molecular weight excluding hydrogens is 372 g/mol. The molecule has 0 spiro atoms. The van der Waals surface area contributed by atoms with Gasteiger partial charge in [0.1, 0.15) is 0 Å². The van der Waals surface area contributed by atoms with Crippen molar-refractivity contribution in [3.8, 4) is 0 Å². The number of carbonyl (C=O) groups is 2. The number of hydrogen-bond donors (Lipinski definition) is 2. The number of aromatic amines is 1. The van der Waals surface area contributed by atoms with Gasteiger partial charge in [-0.1, -0.05) is 24.3 Å². The Morgan fingerprint density at radius 2 is 2.00 bits per heavy atom.